The summed E-state index contributed by atoms with van der Waals surface area (Å²) in [5, 5.41) is 3.06. The molecule has 0 unspecified atom stereocenters. The van der Waals surface area contributed by atoms with Gasteiger partial charge in [0.1, 0.15) is 6.04 Å². The van der Waals surface area contributed by atoms with E-state index in [-0.39, 0.29) is 11.9 Å². The molecule has 2 atom stereocenters. The van der Waals surface area contributed by atoms with Gasteiger partial charge in [0.15, 0.2) is 0 Å². The van der Waals surface area contributed by atoms with Crippen LogP contribution in [0.1, 0.15) is 44.2 Å². The molecule has 0 bridgehead atoms. The van der Waals surface area contributed by atoms with Gasteiger partial charge in [0, 0.05) is 6.04 Å². The Balaban J connectivity index is 1.91. The van der Waals surface area contributed by atoms with Gasteiger partial charge in [-0.3, -0.25) is 4.79 Å². The summed E-state index contributed by atoms with van der Waals surface area (Å²) in [7, 11) is 0. The largest absolute Gasteiger partial charge is 0.352 e. The number of carbonyl (C=O) groups excluding carboxylic acids is 1. The van der Waals surface area contributed by atoms with E-state index in [2.05, 4.69) is 12.2 Å². The summed E-state index contributed by atoms with van der Waals surface area (Å²) in [5.74, 6) is 0.553. The molecule has 0 radical (unpaired) electrons. The van der Waals surface area contributed by atoms with Crippen LogP contribution in [0.3, 0.4) is 0 Å². The van der Waals surface area contributed by atoms with Gasteiger partial charge in [-0.2, -0.15) is 0 Å². The molecule has 1 fully saturated rings. The minimum Gasteiger partial charge on any atom is -0.352 e. The third-order valence-electron chi connectivity index (χ3n) is 3.92. The van der Waals surface area contributed by atoms with Crippen LogP contribution in [0.25, 0.3) is 0 Å². The van der Waals surface area contributed by atoms with Crippen LogP contribution in [0.2, 0.25) is 0 Å². The maximum Gasteiger partial charge on any atom is 0.241 e. The topological polar surface area (TPSA) is 55.1 Å². The minimum absolute atomic E-state index is 0.0689. The number of benzene rings is 1. The van der Waals surface area contributed by atoms with Crippen molar-refractivity contribution in [3.63, 3.8) is 0 Å². The standard InChI is InChI=1S/C15H22N2O/c1-11(12-7-5-6-8-12)17-15(18)14(16)13-9-3-2-4-10-13/h2-4,9-12,14H,5-8,16H2,1H3,(H,17,18)/t11-,14+/m0/s1. The summed E-state index contributed by atoms with van der Waals surface area (Å²) in [6.07, 6.45) is 5.02. The average molecular weight is 246 g/mol. The first-order valence-electron chi connectivity index (χ1n) is 6.79. The Hall–Kier alpha value is -1.35. The van der Waals surface area contributed by atoms with Gasteiger partial charge < -0.3 is 11.1 Å². The van der Waals surface area contributed by atoms with E-state index in [0.29, 0.717) is 5.92 Å². The van der Waals surface area contributed by atoms with Crippen molar-refractivity contribution < 1.29 is 4.79 Å². The van der Waals surface area contributed by atoms with Gasteiger partial charge in [0.05, 0.1) is 0 Å². The molecule has 0 spiro atoms. The number of nitrogens with two attached hydrogens (primary N) is 1. The first kappa shape index (κ1) is 13.1. The van der Waals surface area contributed by atoms with Gasteiger partial charge in [-0.1, -0.05) is 43.2 Å². The molecular formula is C15H22N2O. The van der Waals surface area contributed by atoms with Crippen molar-refractivity contribution in [2.45, 2.75) is 44.7 Å². The molecule has 1 aliphatic rings. The molecule has 1 aromatic rings. The minimum atomic E-state index is -0.560. The molecule has 0 saturated heterocycles. The summed E-state index contributed by atoms with van der Waals surface area (Å²) < 4.78 is 0. The summed E-state index contributed by atoms with van der Waals surface area (Å²) in [4.78, 5) is 12.1. The Morgan fingerprint density at radius 3 is 2.50 bits per heavy atom. The van der Waals surface area contributed by atoms with Crippen molar-refractivity contribution in [3.8, 4) is 0 Å². The lowest BCUT2D eigenvalue weighted by Gasteiger charge is -2.22. The Kier molecular flexibility index (Phi) is 4.37. The van der Waals surface area contributed by atoms with Crippen LogP contribution in [0.4, 0.5) is 0 Å². The molecule has 18 heavy (non-hydrogen) atoms. The SMILES string of the molecule is C[C@H](NC(=O)[C@H](N)c1ccccc1)C1CCCC1. The molecule has 2 rings (SSSR count). The smallest absolute Gasteiger partial charge is 0.241 e. The molecule has 3 N–H and O–H groups in total. The molecule has 1 aromatic carbocycles. The van der Waals surface area contributed by atoms with Crippen LogP contribution in [0.15, 0.2) is 30.3 Å². The van der Waals surface area contributed by atoms with Crippen LogP contribution in [-0.4, -0.2) is 11.9 Å². The molecule has 1 saturated carbocycles. The zero-order valence-electron chi connectivity index (χ0n) is 10.9. The van der Waals surface area contributed by atoms with Crippen molar-refractivity contribution in [2.24, 2.45) is 11.7 Å². The summed E-state index contributed by atoms with van der Waals surface area (Å²) in [6.45, 7) is 2.09. The van der Waals surface area contributed by atoms with Gasteiger partial charge in [0.2, 0.25) is 5.91 Å². The Bertz CT molecular complexity index is 385. The second kappa shape index (κ2) is 6.01. The quantitative estimate of drug-likeness (QED) is 0.857. The number of hydrogen-bond acceptors (Lipinski definition) is 2. The first-order valence-corrected chi connectivity index (χ1v) is 6.79. The predicted molar refractivity (Wildman–Crippen MR) is 72.9 cm³/mol. The van der Waals surface area contributed by atoms with Crippen molar-refractivity contribution in [3.05, 3.63) is 35.9 Å². The van der Waals surface area contributed by atoms with Gasteiger partial charge >= 0.3 is 0 Å². The highest BCUT2D eigenvalue weighted by atomic mass is 16.2. The third kappa shape index (κ3) is 3.10. The van der Waals surface area contributed by atoms with E-state index in [1.54, 1.807) is 0 Å². The van der Waals surface area contributed by atoms with Crippen LogP contribution in [0.5, 0.6) is 0 Å². The third-order valence-corrected chi connectivity index (χ3v) is 3.92. The van der Waals surface area contributed by atoms with Gasteiger partial charge in [-0.05, 0) is 31.2 Å². The molecule has 98 valence electrons. The Labute approximate surface area is 109 Å². The van der Waals surface area contributed by atoms with Crippen LogP contribution in [0, 0.1) is 5.92 Å². The maximum atomic E-state index is 12.1. The monoisotopic (exact) mass is 246 g/mol. The number of amides is 1. The normalized spacial score (nSPS) is 19.4. The zero-order chi connectivity index (χ0) is 13.0. The van der Waals surface area contributed by atoms with E-state index in [1.165, 1.54) is 25.7 Å². The maximum absolute atomic E-state index is 12.1. The molecular weight excluding hydrogens is 224 g/mol. The average Bonchev–Trinajstić information content (AvgIpc) is 2.92. The Morgan fingerprint density at radius 1 is 1.28 bits per heavy atom. The van der Waals surface area contributed by atoms with Gasteiger partial charge in [0.25, 0.3) is 0 Å². The molecule has 0 aliphatic heterocycles. The van der Waals surface area contributed by atoms with Gasteiger partial charge in [-0.25, -0.2) is 0 Å². The summed E-state index contributed by atoms with van der Waals surface area (Å²) in [5.41, 5.74) is 6.84. The lowest BCUT2D eigenvalue weighted by atomic mass is 9.99. The number of hydrogen-bond donors (Lipinski definition) is 2. The predicted octanol–water partition coefficient (Wildman–Crippen LogP) is 2.38. The molecule has 3 nitrogen and oxygen atoms in total. The Morgan fingerprint density at radius 2 is 1.89 bits per heavy atom. The lowest BCUT2D eigenvalue weighted by molar-refractivity contribution is -0.123. The highest BCUT2D eigenvalue weighted by Gasteiger charge is 2.24. The fraction of sp³-hybridized carbons (Fsp3) is 0.533. The highest BCUT2D eigenvalue weighted by molar-refractivity contribution is 5.83. The van der Waals surface area contributed by atoms with Crippen LogP contribution < -0.4 is 11.1 Å². The fourth-order valence-corrected chi connectivity index (χ4v) is 2.70. The van der Waals surface area contributed by atoms with Crippen molar-refractivity contribution >= 4 is 5.91 Å². The van der Waals surface area contributed by atoms with Gasteiger partial charge in [-0.15, -0.1) is 0 Å². The molecule has 3 heteroatoms. The van der Waals surface area contributed by atoms with E-state index in [1.807, 2.05) is 30.3 Å². The number of nitrogens with one attached hydrogen (secondary N) is 1. The summed E-state index contributed by atoms with van der Waals surface area (Å²) in [6, 6.07) is 9.19. The number of rotatable bonds is 4. The second-order valence-electron chi connectivity index (χ2n) is 5.23. The van der Waals surface area contributed by atoms with E-state index in [9.17, 15) is 4.79 Å². The van der Waals surface area contributed by atoms with Crippen molar-refractivity contribution in [1.82, 2.24) is 5.32 Å². The van der Waals surface area contributed by atoms with E-state index < -0.39 is 6.04 Å². The lowest BCUT2D eigenvalue weighted by Crippen LogP contribution is -2.42. The van der Waals surface area contributed by atoms with Crippen LogP contribution >= 0.6 is 0 Å². The second-order valence-corrected chi connectivity index (χ2v) is 5.23. The van der Waals surface area contributed by atoms with E-state index >= 15 is 0 Å². The highest BCUT2D eigenvalue weighted by Crippen LogP contribution is 2.27. The zero-order valence-corrected chi connectivity index (χ0v) is 10.9. The number of carbonyl (C=O) groups is 1. The van der Waals surface area contributed by atoms with Crippen molar-refractivity contribution in [1.29, 1.82) is 0 Å². The molecule has 0 aromatic heterocycles. The van der Waals surface area contributed by atoms with E-state index in [4.69, 9.17) is 5.73 Å². The first-order chi connectivity index (χ1) is 8.68. The van der Waals surface area contributed by atoms with Crippen LogP contribution in [-0.2, 0) is 4.79 Å². The van der Waals surface area contributed by atoms with Crippen molar-refractivity contribution in [2.75, 3.05) is 0 Å². The molecule has 1 amide bonds. The fourth-order valence-electron chi connectivity index (χ4n) is 2.70. The van der Waals surface area contributed by atoms with E-state index in [0.717, 1.165) is 5.56 Å². The molecule has 1 aliphatic carbocycles. The molecule has 0 heterocycles. The summed E-state index contributed by atoms with van der Waals surface area (Å²) >= 11 is 0.